The maximum Gasteiger partial charge on any atom is 0.416 e. The Hall–Kier alpha value is -3.20. The van der Waals surface area contributed by atoms with Crippen LogP contribution in [0.4, 0.5) is 13.2 Å². The molecule has 1 N–H and O–H groups in total. The van der Waals surface area contributed by atoms with E-state index in [1.807, 2.05) is 13.8 Å². The SMILES string of the molecule is CCc1c(C(=O)CCc2sc(-c3ccc(C(F)(F)F)cc3)nc2C)ccc(OCC(=O)O)c1C. The van der Waals surface area contributed by atoms with Gasteiger partial charge >= 0.3 is 12.1 Å². The van der Waals surface area contributed by atoms with E-state index in [-0.39, 0.29) is 12.2 Å². The molecule has 1 aromatic heterocycles. The van der Waals surface area contributed by atoms with Crippen LogP contribution in [-0.2, 0) is 23.8 Å². The number of carboxylic acid groups (broad SMARTS) is 1. The molecule has 180 valence electrons. The molecule has 0 aliphatic carbocycles. The van der Waals surface area contributed by atoms with Gasteiger partial charge in [-0.05, 0) is 62.1 Å². The van der Waals surface area contributed by atoms with Crippen molar-refractivity contribution in [3.05, 3.63) is 69.2 Å². The Bertz CT molecular complexity index is 1200. The van der Waals surface area contributed by atoms with E-state index in [1.165, 1.54) is 23.5 Å². The standard InChI is InChI=1S/C25H24F3NO4S/c1-4-18-14(2)21(33-13-23(31)32)11-9-19(18)20(30)10-12-22-15(3)29-24(34-22)16-5-7-17(8-6-16)25(26,27)28/h5-9,11H,4,10,12-13H2,1-3H3,(H,31,32). The highest BCUT2D eigenvalue weighted by Crippen LogP contribution is 2.34. The van der Waals surface area contributed by atoms with Crippen molar-refractivity contribution in [1.29, 1.82) is 0 Å². The van der Waals surface area contributed by atoms with Gasteiger partial charge in [0.05, 0.1) is 11.3 Å². The molecule has 0 fully saturated rings. The number of carboxylic acids is 1. The summed E-state index contributed by atoms with van der Waals surface area (Å²) in [6.45, 7) is 5.09. The molecule has 1 heterocycles. The zero-order chi connectivity index (χ0) is 25.0. The zero-order valence-corrected chi connectivity index (χ0v) is 19.8. The fourth-order valence-corrected chi connectivity index (χ4v) is 4.76. The zero-order valence-electron chi connectivity index (χ0n) is 19.0. The summed E-state index contributed by atoms with van der Waals surface area (Å²) in [5.74, 6) is -0.683. The van der Waals surface area contributed by atoms with Crippen molar-refractivity contribution < 1.29 is 32.6 Å². The third-order valence-electron chi connectivity index (χ3n) is 5.48. The van der Waals surface area contributed by atoms with Gasteiger partial charge < -0.3 is 9.84 Å². The predicted molar refractivity (Wildman–Crippen MR) is 124 cm³/mol. The average molecular weight is 492 g/mol. The number of Topliss-reactive ketones (excluding diaryl/α,β-unsaturated/α-hetero) is 1. The summed E-state index contributed by atoms with van der Waals surface area (Å²) in [5, 5.41) is 9.44. The van der Waals surface area contributed by atoms with Gasteiger partial charge in [0.2, 0.25) is 0 Å². The summed E-state index contributed by atoms with van der Waals surface area (Å²) in [6.07, 6.45) is -3.09. The van der Waals surface area contributed by atoms with Gasteiger partial charge in [-0.1, -0.05) is 19.1 Å². The van der Waals surface area contributed by atoms with Gasteiger partial charge in [-0.3, -0.25) is 4.79 Å². The average Bonchev–Trinajstić information content (AvgIpc) is 3.16. The summed E-state index contributed by atoms with van der Waals surface area (Å²) < 4.78 is 43.7. The van der Waals surface area contributed by atoms with E-state index in [9.17, 15) is 22.8 Å². The fourth-order valence-electron chi connectivity index (χ4n) is 3.70. The molecule has 0 bridgehead atoms. The first-order valence-corrected chi connectivity index (χ1v) is 11.5. The number of nitrogens with zero attached hydrogens (tertiary/aromatic N) is 1. The molecule has 0 atom stereocenters. The smallest absolute Gasteiger partial charge is 0.416 e. The van der Waals surface area contributed by atoms with E-state index in [0.29, 0.717) is 34.7 Å². The van der Waals surface area contributed by atoms with Crippen molar-refractivity contribution in [2.75, 3.05) is 6.61 Å². The minimum absolute atomic E-state index is 0.0476. The van der Waals surface area contributed by atoms with Gasteiger partial charge in [0.15, 0.2) is 12.4 Å². The molecule has 0 saturated heterocycles. The van der Waals surface area contributed by atoms with Gasteiger partial charge in [-0.25, -0.2) is 9.78 Å². The molecular formula is C25H24F3NO4S. The Labute approximate surface area is 199 Å². The van der Waals surface area contributed by atoms with Crippen molar-refractivity contribution in [3.8, 4) is 16.3 Å². The molecule has 0 spiro atoms. The molecule has 5 nitrogen and oxygen atoms in total. The number of ketones is 1. The number of rotatable bonds is 9. The molecule has 0 aliphatic rings. The molecular weight excluding hydrogens is 467 g/mol. The number of carbonyl (C=O) groups is 2. The number of carbonyl (C=O) groups excluding carboxylic acids is 1. The van der Waals surface area contributed by atoms with E-state index in [1.54, 1.807) is 19.1 Å². The maximum atomic E-state index is 13.0. The second-order valence-corrected chi connectivity index (χ2v) is 8.86. The van der Waals surface area contributed by atoms with E-state index < -0.39 is 24.3 Å². The molecule has 0 saturated carbocycles. The Morgan fingerprint density at radius 2 is 1.76 bits per heavy atom. The Morgan fingerprint density at radius 3 is 2.35 bits per heavy atom. The monoisotopic (exact) mass is 491 g/mol. The number of alkyl halides is 3. The molecule has 0 radical (unpaired) electrons. The second-order valence-electron chi connectivity index (χ2n) is 7.78. The number of aryl methyl sites for hydroxylation is 2. The molecule has 3 aromatic rings. The first kappa shape index (κ1) is 25.4. The van der Waals surface area contributed by atoms with Crippen molar-refractivity contribution >= 4 is 23.1 Å². The summed E-state index contributed by atoms with van der Waals surface area (Å²) in [5.41, 5.74) is 2.77. The first-order valence-electron chi connectivity index (χ1n) is 10.7. The van der Waals surface area contributed by atoms with Gasteiger partial charge in [-0.2, -0.15) is 13.2 Å². The summed E-state index contributed by atoms with van der Waals surface area (Å²) in [7, 11) is 0. The van der Waals surface area contributed by atoms with E-state index >= 15 is 0 Å². The molecule has 34 heavy (non-hydrogen) atoms. The van der Waals surface area contributed by atoms with Crippen molar-refractivity contribution in [2.24, 2.45) is 0 Å². The number of hydrogen-bond donors (Lipinski definition) is 1. The maximum absolute atomic E-state index is 13.0. The fraction of sp³-hybridized carbons (Fsp3) is 0.320. The third-order valence-corrected chi connectivity index (χ3v) is 6.75. The summed E-state index contributed by atoms with van der Waals surface area (Å²) >= 11 is 1.37. The van der Waals surface area contributed by atoms with Gasteiger partial charge in [0, 0.05) is 22.4 Å². The highest BCUT2D eigenvalue weighted by atomic mass is 32.1. The number of halogens is 3. The number of hydrogen-bond acceptors (Lipinski definition) is 5. The number of aliphatic carboxylic acids is 1. The second kappa shape index (κ2) is 10.4. The van der Waals surface area contributed by atoms with E-state index in [2.05, 4.69) is 4.98 Å². The van der Waals surface area contributed by atoms with Gasteiger partial charge in [0.1, 0.15) is 10.8 Å². The van der Waals surface area contributed by atoms with E-state index in [4.69, 9.17) is 9.84 Å². The topological polar surface area (TPSA) is 76.5 Å². The highest BCUT2D eigenvalue weighted by molar-refractivity contribution is 7.15. The lowest BCUT2D eigenvalue weighted by atomic mass is 9.94. The van der Waals surface area contributed by atoms with Crippen molar-refractivity contribution in [1.82, 2.24) is 4.98 Å². The van der Waals surface area contributed by atoms with Crippen LogP contribution in [0.25, 0.3) is 10.6 Å². The Kier molecular flexibility index (Phi) is 7.76. The summed E-state index contributed by atoms with van der Waals surface area (Å²) in [4.78, 5) is 29.2. The normalized spacial score (nSPS) is 11.5. The number of thiazole rings is 1. The van der Waals surface area contributed by atoms with Crippen LogP contribution in [0, 0.1) is 13.8 Å². The number of aromatic nitrogens is 1. The van der Waals surface area contributed by atoms with Gasteiger partial charge in [0.25, 0.3) is 0 Å². The molecule has 0 unspecified atom stereocenters. The number of ether oxygens (including phenoxy) is 1. The largest absolute Gasteiger partial charge is 0.482 e. The lowest BCUT2D eigenvalue weighted by Gasteiger charge is -2.14. The minimum Gasteiger partial charge on any atom is -0.482 e. The quantitative estimate of drug-likeness (QED) is 0.356. The van der Waals surface area contributed by atoms with Crippen LogP contribution < -0.4 is 4.74 Å². The van der Waals surface area contributed by atoms with Crippen molar-refractivity contribution in [2.45, 2.75) is 46.2 Å². The summed E-state index contributed by atoms with van der Waals surface area (Å²) in [6, 6.07) is 8.16. The van der Waals surface area contributed by atoms with Crippen LogP contribution in [0.15, 0.2) is 36.4 Å². The molecule has 0 amide bonds. The van der Waals surface area contributed by atoms with Crippen LogP contribution in [0.5, 0.6) is 5.75 Å². The number of benzene rings is 2. The van der Waals surface area contributed by atoms with Gasteiger partial charge in [-0.15, -0.1) is 11.3 Å². The molecule has 2 aromatic carbocycles. The van der Waals surface area contributed by atoms with Crippen LogP contribution in [0.1, 0.15) is 51.0 Å². The van der Waals surface area contributed by atoms with E-state index in [0.717, 1.165) is 33.8 Å². The minimum atomic E-state index is -4.39. The van der Waals surface area contributed by atoms with Crippen LogP contribution in [0.3, 0.4) is 0 Å². The first-order chi connectivity index (χ1) is 16.0. The Balaban J connectivity index is 1.73. The Morgan fingerprint density at radius 1 is 1.09 bits per heavy atom. The lowest BCUT2D eigenvalue weighted by Crippen LogP contribution is -2.12. The lowest BCUT2D eigenvalue weighted by molar-refractivity contribution is -0.139. The van der Waals surface area contributed by atoms with Crippen LogP contribution in [0.2, 0.25) is 0 Å². The van der Waals surface area contributed by atoms with Crippen LogP contribution >= 0.6 is 11.3 Å². The van der Waals surface area contributed by atoms with Crippen molar-refractivity contribution in [3.63, 3.8) is 0 Å². The van der Waals surface area contributed by atoms with Crippen LogP contribution in [-0.4, -0.2) is 28.4 Å². The molecule has 0 aliphatic heterocycles. The third kappa shape index (κ3) is 5.83. The highest BCUT2D eigenvalue weighted by Gasteiger charge is 2.30. The molecule has 3 rings (SSSR count). The molecule has 9 heteroatoms. The predicted octanol–water partition coefficient (Wildman–Crippen LogP) is 6.29.